The van der Waals surface area contributed by atoms with Gasteiger partial charge in [-0.1, -0.05) is 0 Å². The van der Waals surface area contributed by atoms with Crippen LogP contribution in [-0.2, 0) is 41.9 Å². The molecule has 0 aliphatic heterocycles. The molecular weight excluding hydrogens is 1080 g/mol. The first kappa shape index (κ1) is 45.9. The molecule has 58 heavy (non-hydrogen) atoms. The molecule has 296 valence electrons. The molecule has 0 saturated heterocycles. The van der Waals surface area contributed by atoms with Gasteiger partial charge in [-0.15, -0.1) is 24.8 Å². The summed E-state index contributed by atoms with van der Waals surface area (Å²) in [5.41, 5.74) is 15.0. The normalized spacial score (nSPS) is 18.1. The number of hydrogen-bond acceptors (Lipinski definition) is 0. The molecular formula is C54H58Cl2Hf2. The maximum atomic E-state index is 2.44. The topological polar surface area (TPSA) is 0 Å². The third kappa shape index (κ3) is 9.42. The summed E-state index contributed by atoms with van der Waals surface area (Å²) in [6.07, 6.45) is 16.4. The van der Waals surface area contributed by atoms with Crippen molar-refractivity contribution in [2.75, 3.05) is 0 Å². The quantitative estimate of drug-likeness (QED) is 0.154. The molecule has 8 rings (SSSR count). The Morgan fingerprint density at radius 2 is 0.690 bits per heavy atom. The monoisotopic (exact) mass is 1140 g/mol. The first-order valence-electron chi connectivity index (χ1n) is 20.4. The van der Waals surface area contributed by atoms with Crippen LogP contribution < -0.4 is 0 Å². The summed E-state index contributed by atoms with van der Waals surface area (Å²) < 4.78 is 10.3. The second kappa shape index (κ2) is 20.9. The van der Waals surface area contributed by atoms with E-state index in [0.717, 1.165) is 12.8 Å². The van der Waals surface area contributed by atoms with Gasteiger partial charge in [-0.3, -0.25) is 0 Å². The SMILES string of the molecule is CC1=C(C)C(C)[C]([Hf]([C]2=CC=CC2)=[C](c2ccccc2)c2ccccc2)=C1C.CC1=C(C)C(C)[C]([Hf]([C]2=CC=CC2)=[C](c2ccccc2)c2ccccc2)=C1C.Cl.Cl. The summed E-state index contributed by atoms with van der Waals surface area (Å²) in [6, 6.07) is 44.6. The van der Waals surface area contributed by atoms with Crippen LogP contribution in [0.2, 0.25) is 0 Å². The second-order valence-corrected chi connectivity index (χ2v) is 33.2. The van der Waals surface area contributed by atoms with E-state index < -0.39 is 41.9 Å². The maximum Gasteiger partial charge on any atom is -0.147 e. The largest absolute Gasteiger partial charge is 0.147 e. The van der Waals surface area contributed by atoms with Crippen LogP contribution in [-0.4, -0.2) is 6.51 Å². The van der Waals surface area contributed by atoms with Crippen LogP contribution in [0.4, 0.5) is 0 Å². The van der Waals surface area contributed by atoms with Crippen molar-refractivity contribution in [2.45, 2.75) is 68.2 Å². The third-order valence-electron chi connectivity index (χ3n) is 12.8. The smallest absolute Gasteiger partial charge is 0.147 e. The van der Waals surface area contributed by atoms with Crippen LogP contribution in [0.3, 0.4) is 0 Å². The zero-order valence-corrected chi connectivity index (χ0v) is 44.2. The molecule has 2 unspecified atom stereocenters. The van der Waals surface area contributed by atoms with Crippen molar-refractivity contribution in [2.24, 2.45) is 11.8 Å². The predicted molar refractivity (Wildman–Crippen MR) is 251 cm³/mol. The van der Waals surface area contributed by atoms with E-state index in [-0.39, 0.29) is 24.8 Å². The van der Waals surface area contributed by atoms with Gasteiger partial charge in [0.25, 0.3) is 0 Å². The van der Waals surface area contributed by atoms with Gasteiger partial charge in [0.15, 0.2) is 0 Å². The van der Waals surface area contributed by atoms with E-state index in [1.165, 1.54) is 33.4 Å². The fourth-order valence-corrected chi connectivity index (χ4v) is 35.3. The van der Waals surface area contributed by atoms with E-state index in [1.807, 2.05) is 0 Å². The molecule has 0 N–H and O–H groups in total. The summed E-state index contributed by atoms with van der Waals surface area (Å²) in [4.78, 5) is 0. The first-order valence-corrected chi connectivity index (χ1v) is 31.2. The van der Waals surface area contributed by atoms with E-state index >= 15 is 0 Å². The average molecular weight is 1130 g/mol. The van der Waals surface area contributed by atoms with Gasteiger partial charge in [0, 0.05) is 0 Å². The zero-order valence-electron chi connectivity index (χ0n) is 35.4. The average Bonchev–Trinajstić information content (AvgIpc) is 4.05. The van der Waals surface area contributed by atoms with Crippen LogP contribution >= 0.6 is 24.8 Å². The molecule has 4 aromatic carbocycles. The van der Waals surface area contributed by atoms with Gasteiger partial charge in [0.05, 0.1) is 0 Å². The van der Waals surface area contributed by atoms with Gasteiger partial charge in [-0.25, -0.2) is 0 Å². The van der Waals surface area contributed by atoms with Gasteiger partial charge < -0.3 is 0 Å². The fraction of sp³-hybridized carbons (Fsp3) is 0.222. The minimum Gasteiger partial charge on any atom is -0.147 e. The molecule has 2 atom stereocenters. The Morgan fingerprint density at radius 1 is 0.414 bits per heavy atom. The molecule has 4 aliphatic rings. The van der Waals surface area contributed by atoms with Crippen molar-refractivity contribution in [3.63, 3.8) is 0 Å². The number of allylic oxidation sites excluding steroid dienone is 16. The summed E-state index contributed by atoms with van der Waals surface area (Å²) in [7, 11) is 0. The van der Waals surface area contributed by atoms with E-state index in [2.05, 4.69) is 213 Å². The Labute approximate surface area is 376 Å². The minimum absolute atomic E-state index is 0. The molecule has 0 fully saturated rings. The van der Waals surface area contributed by atoms with E-state index in [1.54, 1.807) is 42.1 Å². The van der Waals surface area contributed by atoms with Crippen LogP contribution in [0.15, 0.2) is 205 Å². The summed E-state index contributed by atoms with van der Waals surface area (Å²) in [5, 5.41) is 0. The molecule has 0 heterocycles. The molecule has 0 aromatic heterocycles. The van der Waals surface area contributed by atoms with Crippen LogP contribution in [0.25, 0.3) is 0 Å². The molecule has 4 aliphatic carbocycles. The van der Waals surface area contributed by atoms with Crippen LogP contribution in [0.1, 0.15) is 90.5 Å². The van der Waals surface area contributed by atoms with Gasteiger partial charge >= 0.3 is 355 Å². The van der Waals surface area contributed by atoms with Gasteiger partial charge in [0.1, 0.15) is 0 Å². The summed E-state index contributed by atoms with van der Waals surface area (Å²) in [6.45, 7) is 18.9. The van der Waals surface area contributed by atoms with Gasteiger partial charge in [-0.2, -0.15) is 0 Å². The second-order valence-electron chi connectivity index (χ2n) is 15.7. The van der Waals surface area contributed by atoms with Crippen molar-refractivity contribution in [1.29, 1.82) is 0 Å². The van der Waals surface area contributed by atoms with E-state index in [4.69, 9.17) is 0 Å². The van der Waals surface area contributed by atoms with Crippen molar-refractivity contribution in [3.8, 4) is 0 Å². The van der Waals surface area contributed by atoms with Crippen molar-refractivity contribution >= 4 is 31.3 Å². The number of rotatable bonds is 8. The molecule has 0 radical (unpaired) electrons. The zero-order chi connectivity index (χ0) is 39.3. The number of benzene rings is 4. The van der Waals surface area contributed by atoms with Crippen molar-refractivity contribution in [3.05, 3.63) is 227 Å². The van der Waals surface area contributed by atoms with Crippen molar-refractivity contribution in [1.82, 2.24) is 0 Å². The van der Waals surface area contributed by atoms with Gasteiger partial charge in [0.2, 0.25) is 0 Å². The number of halogens is 2. The van der Waals surface area contributed by atoms with Crippen molar-refractivity contribution < 1.29 is 41.9 Å². The molecule has 0 saturated carbocycles. The third-order valence-corrected chi connectivity index (χ3v) is 37.5. The molecule has 0 amide bonds. The Bertz CT molecular complexity index is 2190. The van der Waals surface area contributed by atoms with E-state index in [9.17, 15) is 0 Å². The Balaban J connectivity index is 0.000000214. The molecule has 0 nitrogen and oxygen atoms in total. The van der Waals surface area contributed by atoms with Crippen LogP contribution in [0, 0.1) is 11.8 Å². The Kier molecular flexibility index (Phi) is 16.6. The number of hydrogen-bond donors (Lipinski definition) is 0. The molecule has 4 aromatic rings. The summed E-state index contributed by atoms with van der Waals surface area (Å²) in [5.74, 6) is 1.15. The summed E-state index contributed by atoms with van der Waals surface area (Å²) >= 11 is -5.07. The standard InChI is InChI=1S/2C13H10.2C9H13.2C5H5.2ClH.2Hf/c2*1-3-7-12(8-4-1)11-13-9-5-2-6-10-13;2*1-6-5-7(2)9(4)8(6)3;2*1-2-4-5-3-1;;;;/h2*1-10H;2*6H,1-4H3;2*1-3H,4H2;2*1H;;. The maximum absolute atomic E-state index is 2.54. The molecule has 4 heteroatoms. The Morgan fingerprint density at radius 3 is 0.897 bits per heavy atom. The molecule has 0 bridgehead atoms. The minimum atomic E-state index is -2.54. The van der Waals surface area contributed by atoms with E-state index in [0.29, 0.717) is 11.8 Å². The van der Waals surface area contributed by atoms with Gasteiger partial charge in [-0.05, 0) is 0 Å². The first-order chi connectivity index (χ1) is 27.2. The van der Waals surface area contributed by atoms with Crippen LogP contribution in [0.5, 0.6) is 0 Å². The fourth-order valence-electron chi connectivity index (χ4n) is 9.07. The molecule has 0 spiro atoms. The Hall–Kier alpha value is -3.14. The predicted octanol–water partition coefficient (Wildman–Crippen LogP) is 14.8.